The molecule has 2 heterocycles. The van der Waals surface area contributed by atoms with Crippen molar-refractivity contribution in [3.63, 3.8) is 0 Å². The van der Waals surface area contributed by atoms with Crippen molar-refractivity contribution in [2.75, 3.05) is 33.2 Å². The summed E-state index contributed by atoms with van der Waals surface area (Å²) in [6.45, 7) is 4.97. The highest BCUT2D eigenvalue weighted by atomic mass is 35.5. The quantitative estimate of drug-likeness (QED) is 0.827. The smallest absolute Gasteiger partial charge is 0.255 e. The molecule has 1 aliphatic rings. The fourth-order valence-electron chi connectivity index (χ4n) is 3.08. The molecule has 0 aliphatic carbocycles. The van der Waals surface area contributed by atoms with Crippen molar-refractivity contribution in [2.45, 2.75) is 6.92 Å². The highest BCUT2D eigenvalue weighted by Gasteiger charge is 2.22. The normalized spacial score (nSPS) is 15.4. The van der Waals surface area contributed by atoms with E-state index in [1.807, 2.05) is 17.0 Å². The van der Waals surface area contributed by atoms with Crippen LogP contribution in [0.25, 0.3) is 11.1 Å². The molecular weight excluding hydrogens is 338 g/mol. The molecule has 5 nitrogen and oxygen atoms in total. The van der Waals surface area contributed by atoms with Gasteiger partial charge in [-0.2, -0.15) is 0 Å². The first-order valence-corrected chi connectivity index (χ1v) is 8.69. The minimum Gasteiger partial charge on any atom is -0.336 e. The summed E-state index contributed by atoms with van der Waals surface area (Å²) in [4.78, 5) is 28.6. The molecule has 1 aliphatic heterocycles. The highest BCUT2D eigenvalue weighted by Crippen LogP contribution is 2.26. The number of carbonyl (C=O) groups excluding carboxylic acids is 1. The summed E-state index contributed by atoms with van der Waals surface area (Å²) in [6, 6.07) is 7.30. The molecule has 1 saturated heterocycles. The number of rotatable bonds is 2. The summed E-state index contributed by atoms with van der Waals surface area (Å²) in [7, 11) is 3.78. The van der Waals surface area contributed by atoms with Crippen LogP contribution in [0, 0.1) is 6.92 Å². The number of halogens is 1. The first-order valence-electron chi connectivity index (χ1n) is 8.32. The van der Waals surface area contributed by atoms with E-state index in [1.165, 1.54) is 0 Å². The highest BCUT2D eigenvalue weighted by molar-refractivity contribution is 6.34. The summed E-state index contributed by atoms with van der Waals surface area (Å²) in [6.07, 6.45) is 1.78. The molecule has 0 unspecified atom stereocenters. The number of amides is 1. The summed E-state index contributed by atoms with van der Waals surface area (Å²) >= 11 is 6.41. The maximum Gasteiger partial charge on any atom is 0.255 e. The van der Waals surface area contributed by atoms with Crippen LogP contribution in [-0.2, 0) is 7.05 Å². The summed E-state index contributed by atoms with van der Waals surface area (Å²) < 4.78 is 1.56. The maximum absolute atomic E-state index is 12.7. The summed E-state index contributed by atoms with van der Waals surface area (Å²) in [5.74, 6) is -0.0266. The molecular formula is C19H22ClN3O2. The van der Waals surface area contributed by atoms with Gasteiger partial charge in [0.05, 0.1) is 10.6 Å². The van der Waals surface area contributed by atoms with Crippen LogP contribution < -0.4 is 5.56 Å². The number of nitrogens with zero attached hydrogens (tertiary/aromatic N) is 3. The van der Waals surface area contributed by atoms with Gasteiger partial charge in [0.2, 0.25) is 0 Å². The molecule has 0 atom stereocenters. The van der Waals surface area contributed by atoms with E-state index < -0.39 is 0 Å². The van der Waals surface area contributed by atoms with Gasteiger partial charge in [0.15, 0.2) is 0 Å². The van der Waals surface area contributed by atoms with E-state index in [4.69, 9.17) is 11.6 Å². The van der Waals surface area contributed by atoms with Gasteiger partial charge < -0.3 is 14.4 Å². The van der Waals surface area contributed by atoms with E-state index in [-0.39, 0.29) is 11.5 Å². The first kappa shape index (κ1) is 17.7. The predicted molar refractivity (Wildman–Crippen MR) is 100 cm³/mol. The van der Waals surface area contributed by atoms with Crippen molar-refractivity contribution in [3.8, 4) is 11.1 Å². The van der Waals surface area contributed by atoms with E-state index in [2.05, 4.69) is 11.9 Å². The Hall–Kier alpha value is -2.11. The maximum atomic E-state index is 12.7. The number of hydrogen-bond acceptors (Lipinski definition) is 3. The monoisotopic (exact) mass is 359 g/mol. The number of piperazine rings is 1. The molecule has 0 N–H and O–H groups in total. The van der Waals surface area contributed by atoms with Crippen LogP contribution in [0.1, 0.15) is 15.9 Å². The number of benzene rings is 1. The van der Waals surface area contributed by atoms with Gasteiger partial charge in [0.25, 0.3) is 11.5 Å². The fourth-order valence-corrected chi connectivity index (χ4v) is 3.34. The third kappa shape index (κ3) is 3.62. The minimum absolute atomic E-state index is 0.0169. The molecule has 6 heteroatoms. The van der Waals surface area contributed by atoms with Crippen molar-refractivity contribution in [1.29, 1.82) is 0 Å². The second-order valence-electron chi connectivity index (χ2n) is 6.62. The molecule has 1 amide bonds. The standard InChI is InChI=1S/C19H22ClN3O2/c1-13-10-15(12-22(3)18(13)24)14-4-5-16(17(20)11-14)19(25)23-8-6-21(2)7-9-23/h4-5,10-12H,6-9H2,1-3H3. The van der Waals surface area contributed by atoms with Gasteiger partial charge in [-0.1, -0.05) is 17.7 Å². The molecule has 2 aromatic rings. The van der Waals surface area contributed by atoms with Crippen LogP contribution in [0.15, 0.2) is 35.3 Å². The Kier molecular flexibility index (Phi) is 4.97. The Morgan fingerprint density at radius 2 is 1.72 bits per heavy atom. The van der Waals surface area contributed by atoms with Crippen molar-refractivity contribution < 1.29 is 4.79 Å². The van der Waals surface area contributed by atoms with Crippen molar-refractivity contribution in [1.82, 2.24) is 14.4 Å². The number of carbonyl (C=O) groups is 1. The minimum atomic E-state index is -0.0266. The third-order valence-corrected chi connectivity index (χ3v) is 5.00. The lowest BCUT2D eigenvalue weighted by molar-refractivity contribution is 0.0664. The van der Waals surface area contributed by atoms with E-state index in [1.54, 1.807) is 36.9 Å². The molecule has 0 saturated carbocycles. The second-order valence-corrected chi connectivity index (χ2v) is 7.03. The molecule has 3 rings (SSSR count). The SMILES string of the molecule is Cc1cc(-c2ccc(C(=O)N3CCN(C)CC3)c(Cl)c2)cn(C)c1=O. The van der Waals surface area contributed by atoms with Crippen LogP contribution in [0.4, 0.5) is 0 Å². The van der Waals surface area contributed by atoms with E-state index in [0.29, 0.717) is 29.2 Å². The molecule has 1 aromatic heterocycles. The average Bonchev–Trinajstić information content (AvgIpc) is 2.59. The Morgan fingerprint density at radius 3 is 2.32 bits per heavy atom. The number of hydrogen-bond donors (Lipinski definition) is 0. The van der Waals surface area contributed by atoms with E-state index in [9.17, 15) is 9.59 Å². The summed E-state index contributed by atoms with van der Waals surface area (Å²) in [5.41, 5.74) is 2.97. The van der Waals surface area contributed by atoms with Gasteiger partial charge in [-0.15, -0.1) is 0 Å². The Morgan fingerprint density at radius 1 is 1.04 bits per heavy atom. The van der Waals surface area contributed by atoms with Crippen molar-refractivity contribution in [2.24, 2.45) is 7.05 Å². The van der Waals surface area contributed by atoms with Crippen LogP contribution in [0.2, 0.25) is 5.02 Å². The molecule has 25 heavy (non-hydrogen) atoms. The topological polar surface area (TPSA) is 45.6 Å². The Bertz CT molecular complexity index is 841. The van der Waals surface area contributed by atoms with Gasteiger partial charge in [-0.25, -0.2) is 0 Å². The molecule has 1 fully saturated rings. The number of pyridine rings is 1. The summed E-state index contributed by atoms with van der Waals surface area (Å²) in [5, 5.41) is 0.438. The van der Waals surface area contributed by atoms with Gasteiger partial charge >= 0.3 is 0 Å². The lowest BCUT2D eigenvalue weighted by atomic mass is 10.0. The molecule has 132 valence electrons. The Labute approximate surface area is 152 Å². The van der Waals surface area contributed by atoms with Crippen LogP contribution in [0.3, 0.4) is 0 Å². The molecule has 0 spiro atoms. The second kappa shape index (κ2) is 7.02. The molecule has 0 radical (unpaired) electrons. The first-order chi connectivity index (χ1) is 11.9. The van der Waals surface area contributed by atoms with Gasteiger partial charge in [0, 0.05) is 45.0 Å². The van der Waals surface area contributed by atoms with Gasteiger partial charge in [-0.05, 0) is 43.3 Å². The lowest BCUT2D eigenvalue weighted by Crippen LogP contribution is -2.47. The largest absolute Gasteiger partial charge is 0.336 e. The van der Waals surface area contributed by atoms with E-state index in [0.717, 1.165) is 24.2 Å². The van der Waals surface area contributed by atoms with Gasteiger partial charge in [-0.3, -0.25) is 9.59 Å². The van der Waals surface area contributed by atoms with Crippen molar-refractivity contribution >= 4 is 17.5 Å². The van der Waals surface area contributed by atoms with Gasteiger partial charge in [0.1, 0.15) is 0 Å². The number of likely N-dealkylation sites (N-methyl/N-ethyl adjacent to an activating group) is 1. The van der Waals surface area contributed by atoms with Crippen LogP contribution in [0.5, 0.6) is 0 Å². The predicted octanol–water partition coefficient (Wildman–Crippen LogP) is 2.40. The third-order valence-electron chi connectivity index (χ3n) is 4.69. The molecule has 1 aromatic carbocycles. The fraction of sp³-hybridized carbons (Fsp3) is 0.368. The van der Waals surface area contributed by atoms with Crippen LogP contribution >= 0.6 is 11.6 Å². The van der Waals surface area contributed by atoms with Crippen LogP contribution in [-0.4, -0.2) is 53.5 Å². The zero-order valence-electron chi connectivity index (χ0n) is 14.8. The lowest BCUT2D eigenvalue weighted by Gasteiger charge is -2.32. The zero-order chi connectivity index (χ0) is 18.1. The average molecular weight is 360 g/mol. The molecule has 0 bridgehead atoms. The van der Waals surface area contributed by atoms with Crippen molar-refractivity contribution in [3.05, 3.63) is 57.0 Å². The zero-order valence-corrected chi connectivity index (χ0v) is 15.5. The number of aryl methyl sites for hydroxylation is 2. The Balaban J connectivity index is 1.88. The number of aromatic nitrogens is 1. The van der Waals surface area contributed by atoms with E-state index >= 15 is 0 Å².